The predicted molar refractivity (Wildman–Crippen MR) is 154 cm³/mol. The van der Waals surface area contributed by atoms with Gasteiger partial charge in [0.25, 0.3) is 5.56 Å². The third kappa shape index (κ3) is 5.86. The van der Waals surface area contributed by atoms with E-state index in [1.807, 2.05) is 31.2 Å². The molecular formula is C29H29BrN2O6S. The molecule has 0 radical (unpaired) electrons. The number of ether oxygens (including phenoxy) is 4. The van der Waals surface area contributed by atoms with Crippen molar-refractivity contribution in [3.63, 3.8) is 0 Å². The van der Waals surface area contributed by atoms with E-state index in [0.29, 0.717) is 55.5 Å². The van der Waals surface area contributed by atoms with Crippen LogP contribution in [0, 0.1) is 0 Å². The maximum Gasteiger partial charge on any atom is 0.338 e. The molecule has 1 aliphatic heterocycles. The highest BCUT2D eigenvalue weighted by Crippen LogP contribution is 2.41. The number of thiazole rings is 1. The molecule has 0 bridgehead atoms. The van der Waals surface area contributed by atoms with E-state index in [0.717, 1.165) is 5.56 Å². The van der Waals surface area contributed by atoms with Crippen LogP contribution in [0.1, 0.15) is 37.9 Å². The molecule has 39 heavy (non-hydrogen) atoms. The second-order valence-corrected chi connectivity index (χ2v) is 10.3. The fourth-order valence-electron chi connectivity index (χ4n) is 4.27. The molecule has 0 spiro atoms. The van der Waals surface area contributed by atoms with Gasteiger partial charge < -0.3 is 18.9 Å². The minimum absolute atomic E-state index is 0.185. The topological polar surface area (TPSA) is 88.3 Å². The lowest BCUT2D eigenvalue weighted by atomic mass is 9.95. The smallest absolute Gasteiger partial charge is 0.338 e. The third-order valence-electron chi connectivity index (χ3n) is 5.92. The van der Waals surface area contributed by atoms with Crippen LogP contribution < -0.4 is 29.1 Å². The first-order valence-corrected chi connectivity index (χ1v) is 14.0. The first-order chi connectivity index (χ1) is 18.8. The van der Waals surface area contributed by atoms with Gasteiger partial charge in [-0.25, -0.2) is 9.79 Å². The summed E-state index contributed by atoms with van der Waals surface area (Å²) in [6.07, 6.45) is 3.46. The zero-order valence-electron chi connectivity index (χ0n) is 22.2. The van der Waals surface area contributed by atoms with E-state index < -0.39 is 12.0 Å². The van der Waals surface area contributed by atoms with Crippen LogP contribution >= 0.6 is 27.3 Å². The highest BCUT2D eigenvalue weighted by atomic mass is 79.9. The third-order valence-corrected chi connectivity index (χ3v) is 7.59. The Labute approximate surface area is 238 Å². The maximum atomic E-state index is 13.9. The van der Waals surface area contributed by atoms with Crippen molar-refractivity contribution in [2.75, 3.05) is 26.9 Å². The van der Waals surface area contributed by atoms with E-state index in [1.165, 1.54) is 15.9 Å². The molecule has 0 saturated heterocycles. The van der Waals surface area contributed by atoms with Crippen molar-refractivity contribution in [2.24, 2.45) is 4.99 Å². The zero-order valence-corrected chi connectivity index (χ0v) is 24.6. The summed E-state index contributed by atoms with van der Waals surface area (Å²) in [6.45, 7) is 10.0. The van der Waals surface area contributed by atoms with E-state index in [1.54, 1.807) is 45.2 Å². The number of hydrogen-bond acceptors (Lipinski definition) is 8. The van der Waals surface area contributed by atoms with Crippen LogP contribution in [0.4, 0.5) is 0 Å². The van der Waals surface area contributed by atoms with Crippen LogP contribution in [0.5, 0.6) is 17.2 Å². The van der Waals surface area contributed by atoms with Gasteiger partial charge in [-0.3, -0.25) is 9.36 Å². The van der Waals surface area contributed by atoms with Gasteiger partial charge in [-0.05, 0) is 62.2 Å². The fraction of sp³-hybridized carbons (Fsp3) is 0.276. The molecule has 3 aromatic rings. The normalized spacial score (nSPS) is 14.9. The van der Waals surface area contributed by atoms with E-state index in [9.17, 15) is 9.59 Å². The molecule has 0 unspecified atom stereocenters. The summed E-state index contributed by atoms with van der Waals surface area (Å²) in [4.78, 5) is 32.2. The SMILES string of the molecule is C=CCOc1cccc(/C=c2/sc3n(c2=O)[C@@H](c2cc(OC)c(OCC)cc2Br)C(C(=O)OCC)=C(C)N=3)c1. The Hall–Kier alpha value is -3.63. The second kappa shape index (κ2) is 12.5. The summed E-state index contributed by atoms with van der Waals surface area (Å²) in [5.41, 5.74) is 1.91. The van der Waals surface area contributed by atoms with Gasteiger partial charge in [-0.1, -0.05) is 52.1 Å². The van der Waals surface area contributed by atoms with Gasteiger partial charge >= 0.3 is 5.97 Å². The number of hydrogen-bond donors (Lipinski definition) is 0. The van der Waals surface area contributed by atoms with Crippen LogP contribution in [0.25, 0.3) is 6.08 Å². The standard InChI is InChI=1S/C29H29BrN2O6S/c1-6-12-38-19-11-9-10-18(13-19)14-24-27(33)32-26(20-15-22(35-5)23(36-7-2)16-21(20)30)25(28(34)37-8-3)17(4)31-29(32)39-24/h6,9-11,13-16,26H,1,7-8,12H2,2-5H3/b24-14+/t26-/m0/s1. The second-order valence-electron chi connectivity index (χ2n) is 8.43. The molecule has 10 heteroatoms. The highest BCUT2D eigenvalue weighted by Gasteiger charge is 2.35. The molecule has 8 nitrogen and oxygen atoms in total. The van der Waals surface area contributed by atoms with Crippen LogP contribution in [-0.4, -0.2) is 37.5 Å². The molecule has 2 aromatic carbocycles. The molecule has 0 fully saturated rings. The van der Waals surface area contributed by atoms with Gasteiger partial charge in [0, 0.05) is 4.47 Å². The Bertz CT molecular complexity index is 1620. The number of halogens is 1. The number of nitrogens with zero attached hydrogens (tertiary/aromatic N) is 2. The lowest BCUT2D eigenvalue weighted by Gasteiger charge is -2.26. The summed E-state index contributed by atoms with van der Waals surface area (Å²) in [5.74, 6) is 1.15. The maximum absolute atomic E-state index is 13.9. The van der Waals surface area contributed by atoms with Crippen molar-refractivity contribution in [3.05, 3.63) is 95.6 Å². The first kappa shape index (κ1) is 28.4. The van der Waals surface area contributed by atoms with E-state index in [4.69, 9.17) is 18.9 Å². The van der Waals surface area contributed by atoms with E-state index >= 15 is 0 Å². The average molecular weight is 614 g/mol. The number of allylic oxidation sites excluding steroid dienone is 1. The van der Waals surface area contributed by atoms with E-state index in [-0.39, 0.29) is 17.7 Å². The van der Waals surface area contributed by atoms with Gasteiger partial charge in [0.2, 0.25) is 0 Å². The number of aromatic nitrogens is 1. The lowest BCUT2D eigenvalue weighted by molar-refractivity contribution is -0.139. The molecule has 1 aromatic heterocycles. The molecular weight excluding hydrogens is 584 g/mol. The lowest BCUT2D eigenvalue weighted by Crippen LogP contribution is -2.40. The van der Waals surface area contributed by atoms with Crippen molar-refractivity contribution in [1.29, 1.82) is 0 Å². The van der Waals surface area contributed by atoms with Crippen molar-refractivity contribution in [3.8, 4) is 17.2 Å². The molecule has 0 amide bonds. The van der Waals surface area contributed by atoms with Gasteiger partial charge in [0.15, 0.2) is 16.3 Å². The highest BCUT2D eigenvalue weighted by molar-refractivity contribution is 9.10. The Kier molecular flexibility index (Phi) is 9.08. The molecule has 0 saturated carbocycles. The van der Waals surface area contributed by atoms with Crippen LogP contribution in [-0.2, 0) is 9.53 Å². The number of methoxy groups -OCH3 is 1. The number of carbonyl (C=O) groups excluding carboxylic acids is 1. The van der Waals surface area contributed by atoms with Crippen LogP contribution in [0.15, 0.2) is 74.6 Å². The fourth-order valence-corrected chi connectivity index (χ4v) is 5.86. The molecule has 0 N–H and O–H groups in total. The molecule has 0 aliphatic carbocycles. The number of fused-ring (bicyclic) bond motifs is 1. The van der Waals surface area contributed by atoms with Crippen LogP contribution in [0.3, 0.4) is 0 Å². The van der Waals surface area contributed by atoms with Crippen molar-refractivity contribution >= 4 is 39.3 Å². The largest absolute Gasteiger partial charge is 0.493 e. The summed E-state index contributed by atoms with van der Waals surface area (Å²) < 4.78 is 25.0. The minimum atomic E-state index is -0.802. The summed E-state index contributed by atoms with van der Waals surface area (Å²) in [6, 6.07) is 10.2. The number of benzene rings is 2. The Balaban J connectivity index is 1.94. The van der Waals surface area contributed by atoms with Crippen LogP contribution in [0.2, 0.25) is 0 Å². The Morgan fingerprint density at radius 2 is 1.97 bits per heavy atom. The number of rotatable bonds is 10. The molecule has 2 heterocycles. The molecule has 1 atom stereocenters. The van der Waals surface area contributed by atoms with E-state index in [2.05, 4.69) is 27.5 Å². The number of carbonyl (C=O) groups is 1. The van der Waals surface area contributed by atoms with Crippen molar-refractivity contribution in [1.82, 2.24) is 4.57 Å². The van der Waals surface area contributed by atoms with Gasteiger partial charge in [-0.2, -0.15) is 0 Å². The molecule has 1 aliphatic rings. The minimum Gasteiger partial charge on any atom is -0.493 e. The summed E-state index contributed by atoms with van der Waals surface area (Å²) >= 11 is 4.89. The average Bonchev–Trinajstić information content (AvgIpc) is 3.21. The number of esters is 1. The Morgan fingerprint density at radius 1 is 1.18 bits per heavy atom. The molecule has 4 rings (SSSR count). The van der Waals surface area contributed by atoms with Crippen molar-refractivity contribution < 1.29 is 23.7 Å². The Morgan fingerprint density at radius 3 is 2.67 bits per heavy atom. The van der Waals surface area contributed by atoms with Gasteiger partial charge in [-0.15, -0.1) is 0 Å². The quantitative estimate of drug-likeness (QED) is 0.247. The first-order valence-electron chi connectivity index (χ1n) is 12.4. The summed E-state index contributed by atoms with van der Waals surface area (Å²) in [5, 5.41) is 0. The predicted octanol–water partition coefficient (Wildman–Crippen LogP) is 4.53. The zero-order chi connectivity index (χ0) is 28.1. The molecule has 204 valence electrons. The van der Waals surface area contributed by atoms with Gasteiger partial charge in [0.1, 0.15) is 12.4 Å². The van der Waals surface area contributed by atoms with Crippen molar-refractivity contribution in [2.45, 2.75) is 26.8 Å². The van der Waals surface area contributed by atoms with Gasteiger partial charge in [0.05, 0.1) is 42.2 Å². The summed E-state index contributed by atoms with van der Waals surface area (Å²) in [7, 11) is 1.54. The monoisotopic (exact) mass is 612 g/mol.